The Kier molecular flexibility index (Phi) is 3.92. The first-order chi connectivity index (χ1) is 6.94. The lowest BCUT2D eigenvalue weighted by atomic mass is 10.0. The van der Waals surface area contributed by atoms with Gasteiger partial charge in [0.25, 0.3) is 0 Å². The summed E-state index contributed by atoms with van der Waals surface area (Å²) >= 11 is 0. The van der Waals surface area contributed by atoms with Gasteiger partial charge in [-0.15, -0.1) is 0 Å². The van der Waals surface area contributed by atoms with Crippen LogP contribution in [0.4, 0.5) is 13.2 Å². The molecule has 0 saturated carbocycles. The Bertz CT molecular complexity index is 228. The number of halogens is 3. The van der Waals surface area contributed by atoms with Crippen molar-refractivity contribution in [1.29, 1.82) is 0 Å². The lowest BCUT2D eigenvalue weighted by molar-refractivity contribution is -0.165. The van der Waals surface area contributed by atoms with Gasteiger partial charge in [-0.3, -0.25) is 4.79 Å². The molecule has 2 N–H and O–H groups in total. The number of rotatable bonds is 4. The Balaban J connectivity index is 2.51. The van der Waals surface area contributed by atoms with E-state index in [1.54, 1.807) is 0 Å². The fourth-order valence-electron chi connectivity index (χ4n) is 1.33. The summed E-state index contributed by atoms with van der Waals surface area (Å²) in [5.41, 5.74) is 0. The highest BCUT2D eigenvalue weighted by atomic mass is 19.4. The van der Waals surface area contributed by atoms with Gasteiger partial charge in [0.05, 0.1) is 12.5 Å². The molecule has 4 nitrogen and oxygen atoms in total. The first kappa shape index (κ1) is 12.3. The maximum absolute atomic E-state index is 12.1. The number of carbonyl (C=O) groups is 1. The first-order valence-electron chi connectivity index (χ1n) is 4.61. The summed E-state index contributed by atoms with van der Waals surface area (Å²) in [4.78, 5) is 12.1. The molecule has 1 amide bonds. The van der Waals surface area contributed by atoms with Crippen molar-refractivity contribution in [2.75, 3.05) is 32.8 Å². The van der Waals surface area contributed by atoms with E-state index >= 15 is 0 Å². The standard InChI is InChI=1S/C8H13F3N2O2/c9-8(10,11)5-13(1-2-14)7(15)6-3-12-4-6/h6,12,14H,1-5H2. The summed E-state index contributed by atoms with van der Waals surface area (Å²) in [5, 5.41) is 11.4. The summed E-state index contributed by atoms with van der Waals surface area (Å²) in [5.74, 6) is -0.918. The summed E-state index contributed by atoms with van der Waals surface area (Å²) in [6, 6.07) is 0. The van der Waals surface area contributed by atoms with Crippen molar-refractivity contribution < 1.29 is 23.1 Å². The van der Waals surface area contributed by atoms with Gasteiger partial charge in [0, 0.05) is 19.6 Å². The van der Waals surface area contributed by atoms with Gasteiger partial charge in [0.2, 0.25) is 5.91 Å². The average Bonchev–Trinajstić information content (AvgIpc) is 1.97. The number of carbonyl (C=O) groups excluding carboxylic acids is 1. The number of aliphatic hydroxyl groups is 1. The molecule has 0 aromatic carbocycles. The summed E-state index contributed by atoms with van der Waals surface area (Å²) in [6.07, 6.45) is -4.41. The first-order valence-corrected chi connectivity index (χ1v) is 4.61. The Labute approximate surface area is 85.1 Å². The molecule has 0 radical (unpaired) electrons. The summed E-state index contributed by atoms with van der Waals surface area (Å²) in [7, 11) is 0. The highest BCUT2D eigenvalue weighted by molar-refractivity contribution is 5.80. The zero-order valence-corrected chi connectivity index (χ0v) is 8.05. The molecule has 0 spiro atoms. The monoisotopic (exact) mass is 226 g/mol. The van der Waals surface area contributed by atoms with E-state index in [2.05, 4.69) is 5.32 Å². The summed E-state index contributed by atoms with van der Waals surface area (Å²) < 4.78 is 36.3. The molecular weight excluding hydrogens is 213 g/mol. The maximum atomic E-state index is 12.1. The SMILES string of the molecule is O=C(C1CNC1)N(CCO)CC(F)(F)F. The van der Waals surface area contributed by atoms with Gasteiger partial charge in [-0.25, -0.2) is 0 Å². The minimum absolute atomic E-state index is 0.269. The molecule has 15 heavy (non-hydrogen) atoms. The largest absolute Gasteiger partial charge is 0.406 e. The Morgan fingerprint density at radius 3 is 2.40 bits per heavy atom. The van der Waals surface area contributed by atoms with Crippen molar-refractivity contribution in [3.63, 3.8) is 0 Å². The van der Waals surface area contributed by atoms with E-state index in [-0.39, 0.29) is 12.5 Å². The van der Waals surface area contributed by atoms with Crippen molar-refractivity contribution in [3.8, 4) is 0 Å². The molecule has 88 valence electrons. The molecule has 0 bridgehead atoms. The molecule has 1 aliphatic heterocycles. The van der Waals surface area contributed by atoms with Crippen LogP contribution < -0.4 is 5.32 Å². The van der Waals surface area contributed by atoms with Crippen molar-refractivity contribution >= 4 is 5.91 Å². The van der Waals surface area contributed by atoms with Crippen LogP contribution in [-0.2, 0) is 4.79 Å². The quantitative estimate of drug-likeness (QED) is 0.685. The van der Waals surface area contributed by atoms with E-state index < -0.39 is 25.2 Å². The third-order valence-electron chi connectivity index (χ3n) is 2.18. The molecule has 7 heteroatoms. The van der Waals surface area contributed by atoms with Crippen molar-refractivity contribution in [3.05, 3.63) is 0 Å². The topological polar surface area (TPSA) is 52.6 Å². The van der Waals surface area contributed by atoms with Crippen LogP contribution in [0.2, 0.25) is 0 Å². The number of nitrogens with one attached hydrogen (secondary N) is 1. The zero-order valence-electron chi connectivity index (χ0n) is 8.05. The zero-order chi connectivity index (χ0) is 11.5. The number of hydrogen-bond acceptors (Lipinski definition) is 3. The molecule has 0 unspecified atom stereocenters. The normalized spacial score (nSPS) is 17.3. The van der Waals surface area contributed by atoms with E-state index in [1.165, 1.54) is 0 Å². The smallest absolute Gasteiger partial charge is 0.395 e. The fourth-order valence-corrected chi connectivity index (χ4v) is 1.33. The Morgan fingerprint density at radius 2 is 2.07 bits per heavy atom. The highest BCUT2D eigenvalue weighted by Crippen LogP contribution is 2.18. The molecule has 1 saturated heterocycles. The third kappa shape index (κ3) is 3.67. The van der Waals surface area contributed by atoms with Gasteiger partial charge in [0.1, 0.15) is 6.54 Å². The van der Waals surface area contributed by atoms with Crippen LogP contribution in [0.25, 0.3) is 0 Å². The van der Waals surface area contributed by atoms with Gasteiger partial charge in [-0.2, -0.15) is 13.2 Å². The van der Waals surface area contributed by atoms with Crippen LogP contribution >= 0.6 is 0 Å². The number of alkyl halides is 3. The number of nitrogens with zero attached hydrogens (tertiary/aromatic N) is 1. The second kappa shape index (κ2) is 4.80. The van der Waals surface area contributed by atoms with Crippen LogP contribution in [0.5, 0.6) is 0 Å². The molecule has 0 atom stereocenters. The molecule has 0 aromatic rings. The minimum atomic E-state index is -4.41. The average molecular weight is 226 g/mol. The number of hydrogen-bond donors (Lipinski definition) is 2. The van der Waals surface area contributed by atoms with E-state index in [0.717, 1.165) is 0 Å². The third-order valence-corrected chi connectivity index (χ3v) is 2.18. The molecule has 1 aliphatic rings. The van der Waals surface area contributed by atoms with E-state index in [4.69, 9.17) is 5.11 Å². The van der Waals surface area contributed by atoms with Crippen LogP contribution in [-0.4, -0.2) is 54.9 Å². The molecule has 0 aromatic heterocycles. The molecule has 0 aliphatic carbocycles. The van der Waals surface area contributed by atoms with Gasteiger partial charge >= 0.3 is 6.18 Å². The lowest BCUT2D eigenvalue weighted by Crippen LogP contribution is -2.54. The number of aliphatic hydroxyl groups excluding tert-OH is 1. The second-order valence-corrected chi connectivity index (χ2v) is 3.45. The van der Waals surface area contributed by atoms with Crippen LogP contribution in [0.1, 0.15) is 0 Å². The van der Waals surface area contributed by atoms with Crippen molar-refractivity contribution in [1.82, 2.24) is 10.2 Å². The van der Waals surface area contributed by atoms with Crippen molar-refractivity contribution in [2.45, 2.75) is 6.18 Å². The fraction of sp³-hybridized carbons (Fsp3) is 0.875. The molecule has 1 heterocycles. The van der Waals surface area contributed by atoms with Gasteiger partial charge < -0.3 is 15.3 Å². The van der Waals surface area contributed by atoms with E-state index in [1.807, 2.05) is 0 Å². The Hall–Kier alpha value is -0.820. The van der Waals surface area contributed by atoms with E-state index in [9.17, 15) is 18.0 Å². The number of amides is 1. The lowest BCUT2D eigenvalue weighted by Gasteiger charge is -2.32. The van der Waals surface area contributed by atoms with Gasteiger partial charge in [0.15, 0.2) is 0 Å². The molecule has 1 fully saturated rings. The maximum Gasteiger partial charge on any atom is 0.406 e. The predicted octanol–water partition coefficient (Wildman–Crippen LogP) is -0.411. The van der Waals surface area contributed by atoms with Gasteiger partial charge in [-0.1, -0.05) is 0 Å². The van der Waals surface area contributed by atoms with Gasteiger partial charge in [-0.05, 0) is 0 Å². The second-order valence-electron chi connectivity index (χ2n) is 3.45. The predicted molar refractivity (Wildman–Crippen MR) is 46.1 cm³/mol. The summed E-state index contributed by atoms with van der Waals surface area (Å²) in [6.45, 7) is -1.18. The van der Waals surface area contributed by atoms with Crippen LogP contribution in [0.3, 0.4) is 0 Å². The van der Waals surface area contributed by atoms with Crippen LogP contribution in [0, 0.1) is 5.92 Å². The molecule has 1 rings (SSSR count). The minimum Gasteiger partial charge on any atom is -0.395 e. The van der Waals surface area contributed by atoms with E-state index in [0.29, 0.717) is 18.0 Å². The highest BCUT2D eigenvalue weighted by Gasteiger charge is 2.36. The van der Waals surface area contributed by atoms with Crippen LogP contribution in [0.15, 0.2) is 0 Å². The Morgan fingerprint density at radius 1 is 1.47 bits per heavy atom. The molecular formula is C8H13F3N2O2. The van der Waals surface area contributed by atoms with Crippen molar-refractivity contribution in [2.24, 2.45) is 5.92 Å².